The van der Waals surface area contributed by atoms with Crippen LogP contribution < -0.4 is 0 Å². The third-order valence-electron chi connectivity index (χ3n) is 0.679. The van der Waals surface area contributed by atoms with E-state index in [0.717, 1.165) is 4.24 Å². The number of thioether (sulfide) groups is 2. The van der Waals surface area contributed by atoms with E-state index >= 15 is 0 Å². The first-order valence-corrected chi connectivity index (χ1v) is 3.71. The molecule has 1 saturated heterocycles. The first-order valence-electron chi connectivity index (χ1n) is 1.95. The maximum absolute atomic E-state index is 10.0. The molecule has 44 valence electrons. The Bertz CT molecular complexity index is 135. The summed E-state index contributed by atoms with van der Waals surface area (Å²) in [6, 6.07) is 0. The zero-order chi connectivity index (χ0) is 6.15. The Hall–Kier alpha value is -0.0900. The van der Waals surface area contributed by atoms with E-state index in [4.69, 9.17) is 5.11 Å². The molecule has 1 aliphatic rings. The molecule has 0 aromatic rings. The van der Waals surface area contributed by atoms with Crippen molar-refractivity contribution in [3.05, 3.63) is 10.8 Å². The molecule has 1 heterocycles. The number of hydrogen-bond donors (Lipinski definition) is 1. The molecule has 2 nitrogen and oxygen atoms in total. The maximum Gasteiger partial charge on any atom is 0.327 e. The van der Waals surface area contributed by atoms with Crippen molar-refractivity contribution in [2.24, 2.45) is 0 Å². The van der Waals surface area contributed by atoms with E-state index in [1.807, 2.05) is 0 Å². The van der Waals surface area contributed by atoms with E-state index in [-0.39, 0.29) is 4.58 Å². The van der Waals surface area contributed by atoms with Gasteiger partial charge in [0.05, 0.1) is 0 Å². The zero-order valence-electron chi connectivity index (χ0n) is 3.96. The lowest BCUT2D eigenvalue weighted by atomic mass is 10.8. The quantitative estimate of drug-likeness (QED) is 0.609. The van der Waals surface area contributed by atoms with Gasteiger partial charge in [-0.15, -0.1) is 0 Å². The lowest BCUT2D eigenvalue weighted by Gasteiger charge is -2.21. The number of carbonyl (C=O) groups is 1. The highest BCUT2D eigenvalue weighted by atomic mass is 32.3. The topological polar surface area (TPSA) is 37.3 Å². The van der Waals surface area contributed by atoms with Crippen LogP contribution in [0, 0.1) is 0 Å². The van der Waals surface area contributed by atoms with Crippen LogP contribution >= 0.6 is 23.5 Å². The second kappa shape index (κ2) is 2.03. The van der Waals surface area contributed by atoms with Crippen molar-refractivity contribution in [1.82, 2.24) is 0 Å². The van der Waals surface area contributed by atoms with E-state index in [9.17, 15) is 4.79 Å². The van der Waals surface area contributed by atoms with Gasteiger partial charge in [0.25, 0.3) is 0 Å². The molecular formula is C4H4O2S2. The monoisotopic (exact) mass is 148 g/mol. The molecule has 1 aliphatic heterocycles. The summed E-state index contributed by atoms with van der Waals surface area (Å²) in [5, 5.41) is 8.27. The predicted molar refractivity (Wildman–Crippen MR) is 35.7 cm³/mol. The van der Waals surface area contributed by atoms with E-state index in [1.165, 1.54) is 23.5 Å². The van der Waals surface area contributed by atoms with Crippen LogP contribution in [0.5, 0.6) is 0 Å². The minimum atomic E-state index is -0.757. The van der Waals surface area contributed by atoms with Crippen molar-refractivity contribution < 1.29 is 9.90 Å². The van der Waals surface area contributed by atoms with Crippen LogP contribution in [0.3, 0.4) is 0 Å². The molecule has 0 aromatic carbocycles. The molecule has 0 atom stereocenters. The molecule has 8 heavy (non-hydrogen) atoms. The third-order valence-corrected chi connectivity index (χ3v) is 3.19. The van der Waals surface area contributed by atoms with Gasteiger partial charge in [-0.2, -0.15) is 0 Å². The van der Waals surface area contributed by atoms with Gasteiger partial charge in [0.2, 0.25) is 0 Å². The summed E-state index contributed by atoms with van der Waals surface area (Å²) in [4.78, 5) is 10.0. The van der Waals surface area contributed by atoms with Gasteiger partial charge in [-0.1, -0.05) is 30.1 Å². The molecule has 0 amide bonds. The second-order valence-electron chi connectivity index (χ2n) is 1.28. The van der Waals surface area contributed by atoms with Gasteiger partial charge in [-0.05, 0) is 0 Å². The van der Waals surface area contributed by atoms with E-state index in [2.05, 4.69) is 6.58 Å². The van der Waals surface area contributed by atoms with Crippen LogP contribution in [0.25, 0.3) is 0 Å². The molecule has 1 rings (SSSR count). The smallest absolute Gasteiger partial charge is 0.327 e. The van der Waals surface area contributed by atoms with Gasteiger partial charge < -0.3 is 5.11 Å². The minimum Gasteiger partial charge on any atom is -0.480 e. The summed E-state index contributed by atoms with van der Waals surface area (Å²) in [6.45, 7) is 3.56. The van der Waals surface area contributed by atoms with Crippen LogP contribution in [-0.4, -0.2) is 15.7 Å². The average molecular weight is 148 g/mol. The maximum atomic E-state index is 10.0. The van der Waals surface area contributed by atoms with E-state index in [0.29, 0.717) is 0 Å². The van der Waals surface area contributed by atoms with Gasteiger partial charge in [0.1, 0.15) is 0 Å². The van der Waals surface area contributed by atoms with Crippen LogP contribution in [0.2, 0.25) is 0 Å². The summed E-state index contributed by atoms with van der Waals surface area (Å²) >= 11 is 2.61. The summed E-state index contributed by atoms with van der Waals surface area (Å²) in [5.74, 6) is -0.757. The number of carboxylic acids is 1. The highest BCUT2D eigenvalue weighted by molar-refractivity contribution is 8.39. The van der Waals surface area contributed by atoms with Gasteiger partial charge in [0.15, 0.2) is 4.58 Å². The number of rotatable bonds is 1. The molecule has 1 N–H and O–H groups in total. The lowest BCUT2D eigenvalue weighted by molar-refractivity contribution is -0.134. The van der Waals surface area contributed by atoms with Gasteiger partial charge >= 0.3 is 5.97 Å². The Labute approximate surface area is 55.3 Å². The van der Waals surface area contributed by atoms with Gasteiger partial charge in [-0.25, -0.2) is 0 Å². The highest BCUT2D eigenvalue weighted by Crippen LogP contribution is 2.49. The van der Waals surface area contributed by atoms with Gasteiger partial charge in [-0.3, -0.25) is 4.79 Å². The van der Waals surface area contributed by atoms with Crippen molar-refractivity contribution in [2.45, 2.75) is 4.58 Å². The average Bonchev–Trinajstić information content (AvgIpc) is 1.57. The van der Waals surface area contributed by atoms with Crippen molar-refractivity contribution in [1.29, 1.82) is 0 Å². The third kappa shape index (κ3) is 1.00. The first-order chi connectivity index (χ1) is 3.70. The molecule has 0 radical (unpaired) electrons. The van der Waals surface area contributed by atoms with Gasteiger partial charge in [0, 0.05) is 4.24 Å². The molecule has 0 saturated carbocycles. The summed E-state index contributed by atoms with van der Waals surface area (Å²) in [6.07, 6.45) is 0. The molecule has 0 aliphatic carbocycles. The fourth-order valence-corrected chi connectivity index (χ4v) is 2.03. The van der Waals surface area contributed by atoms with Crippen LogP contribution in [-0.2, 0) is 4.79 Å². The molecular weight excluding hydrogens is 144 g/mol. The molecule has 1 fully saturated rings. The minimum absolute atomic E-state index is 0.289. The Morgan fingerprint density at radius 1 is 1.75 bits per heavy atom. The van der Waals surface area contributed by atoms with Crippen LogP contribution in [0.4, 0.5) is 0 Å². The fourth-order valence-electron chi connectivity index (χ4n) is 0.348. The number of hydrogen-bond acceptors (Lipinski definition) is 3. The zero-order valence-corrected chi connectivity index (χ0v) is 5.59. The van der Waals surface area contributed by atoms with Crippen LogP contribution in [0.1, 0.15) is 0 Å². The molecule has 4 heteroatoms. The Morgan fingerprint density at radius 2 is 2.25 bits per heavy atom. The SMILES string of the molecule is C=C1SC(C(=O)O)S1. The fraction of sp³-hybridized carbons (Fsp3) is 0.250. The van der Waals surface area contributed by atoms with E-state index in [1.54, 1.807) is 0 Å². The number of aliphatic carboxylic acids is 1. The molecule has 0 spiro atoms. The Morgan fingerprint density at radius 3 is 2.38 bits per heavy atom. The molecule has 0 bridgehead atoms. The van der Waals surface area contributed by atoms with Crippen molar-refractivity contribution >= 4 is 29.5 Å². The van der Waals surface area contributed by atoms with Crippen molar-refractivity contribution in [3.8, 4) is 0 Å². The molecule has 0 unspecified atom stereocenters. The standard InChI is InChI=1S/C4H4O2S2/c1-2-7-4(8-2)3(5)6/h4H,1H2,(H,5,6). The van der Waals surface area contributed by atoms with Crippen molar-refractivity contribution in [2.75, 3.05) is 0 Å². The second-order valence-corrected chi connectivity index (χ2v) is 4.23. The lowest BCUT2D eigenvalue weighted by Crippen LogP contribution is -2.17. The Balaban J connectivity index is 2.35. The Kier molecular flexibility index (Phi) is 1.53. The largest absolute Gasteiger partial charge is 0.480 e. The summed E-state index contributed by atoms with van der Waals surface area (Å²) in [5.41, 5.74) is 0. The molecule has 0 aromatic heterocycles. The normalized spacial score (nSPS) is 20.2. The van der Waals surface area contributed by atoms with Crippen molar-refractivity contribution in [3.63, 3.8) is 0 Å². The summed E-state index contributed by atoms with van der Waals surface area (Å²) < 4.78 is 0.611. The van der Waals surface area contributed by atoms with E-state index < -0.39 is 5.97 Å². The highest BCUT2D eigenvalue weighted by Gasteiger charge is 2.29. The number of carboxylic acid groups (broad SMARTS) is 1. The predicted octanol–water partition coefficient (Wildman–Crippen LogP) is 1.35. The first kappa shape index (κ1) is 6.04. The summed E-state index contributed by atoms with van der Waals surface area (Å²) in [7, 11) is 0. The van der Waals surface area contributed by atoms with Crippen LogP contribution in [0.15, 0.2) is 10.8 Å².